The van der Waals surface area contributed by atoms with Crippen molar-refractivity contribution < 1.29 is 28.5 Å². The van der Waals surface area contributed by atoms with Gasteiger partial charge in [-0.3, -0.25) is 9.80 Å². The fraction of sp³-hybridized carbons (Fsp3) is 0.458. The van der Waals surface area contributed by atoms with Crippen LogP contribution in [0.15, 0.2) is 106 Å². The highest BCUT2D eigenvalue weighted by molar-refractivity contribution is 9.10. The van der Waals surface area contributed by atoms with Gasteiger partial charge in [0.1, 0.15) is 11.5 Å². The number of hydrogen-bond donors (Lipinski definition) is 0. The minimum absolute atomic E-state index is 0.488. The number of esters is 2. The van der Waals surface area contributed by atoms with Crippen LogP contribution in [0.4, 0.5) is 0 Å². The van der Waals surface area contributed by atoms with Crippen molar-refractivity contribution in [3.8, 4) is 11.5 Å². The maximum absolute atomic E-state index is 13.8. The number of ether oxygens (including phenoxy) is 4. The lowest BCUT2D eigenvalue weighted by Gasteiger charge is -2.32. The van der Waals surface area contributed by atoms with Crippen LogP contribution in [0, 0.1) is 0 Å². The van der Waals surface area contributed by atoms with Gasteiger partial charge in [-0.15, -0.1) is 0 Å². The maximum Gasteiger partial charge on any atom is 0.419 e. The largest absolute Gasteiger partial charge is 0.493 e. The summed E-state index contributed by atoms with van der Waals surface area (Å²) in [6.07, 6.45) is 6.01. The Morgan fingerprint density at radius 3 is 1.22 bits per heavy atom. The molecule has 0 aliphatic heterocycles. The third-order valence-electron chi connectivity index (χ3n) is 9.86. The number of hydrogen-bond acceptors (Lipinski definition) is 8. The van der Waals surface area contributed by atoms with Crippen LogP contribution in [0.1, 0.15) is 88.5 Å². The summed E-state index contributed by atoms with van der Waals surface area (Å²) in [5.41, 5.74) is 4.44. The molecule has 4 aromatic carbocycles. The Morgan fingerprint density at radius 1 is 0.517 bits per heavy atom. The summed E-state index contributed by atoms with van der Waals surface area (Å²) in [5, 5.41) is 0. The van der Waals surface area contributed by atoms with Crippen LogP contribution in [0.5, 0.6) is 11.5 Å². The molecule has 0 saturated heterocycles. The van der Waals surface area contributed by atoms with E-state index in [4.69, 9.17) is 18.9 Å². The highest BCUT2D eigenvalue weighted by Gasteiger charge is 2.31. The lowest BCUT2D eigenvalue weighted by atomic mass is 10.1. The second-order valence-corrected chi connectivity index (χ2v) is 16.4. The Balaban J connectivity index is 1.46. The second kappa shape index (κ2) is 26.4. The van der Waals surface area contributed by atoms with Crippen molar-refractivity contribution in [3.63, 3.8) is 0 Å². The van der Waals surface area contributed by atoms with Crippen LogP contribution in [0.3, 0.4) is 0 Å². The molecule has 314 valence electrons. The number of carbonyl (C=O) groups excluding carboxylic acids is 2. The molecule has 2 unspecified atom stereocenters. The molecule has 58 heavy (non-hydrogen) atoms. The summed E-state index contributed by atoms with van der Waals surface area (Å²) < 4.78 is 26.7. The molecule has 0 spiro atoms. The van der Waals surface area contributed by atoms with Crippen molar-refractivity contribution in [1.29, 1.82) is 0 Å². The standard InChI is InChI=1S/C48H62Br2N2O6/c1-5-29-51(30-6-2)45(25-19-39-35-41(49)21-23-43(39)55-33-27-37-15-11-9-12-16-37)57-47(53)48(54)58-46(52(31-7-3)32-8-4)26-20-40-36-42(50)22-24-44(40)56-34-28-38-17-13-10-14-18-38/h9-18,21-24,35-36,45-46H,5-8,19-20,25-34H2,1-4H3. The van der Waals surface area contributed by atoms with Gasteiger partial charge in [0.25, 0.3) is 0 Å². The Morgan fingerprint density at radius 2 is 0.879 bits per heavy atom. The highest BCUT2D eigenvalue weighted by Crippen LogP contribution is 2.28. The van der Waals surface area contributed by atoms with Gasteiger partial charge in [0.05, 0.1) is 13.2 Å². The summed E-state index contributed by atoms with van der Waals surface area (Å²) in [4.78, 5) is 31.8. The summed E-state index contributed by atoms with van der Waals surface area (Å²) in [6.45, 7) is 12.4. The molecule has 0 aliphatic rings. The molecule has 4 aromatic rings. The van der Waals surface area contributed by atoms with Gasteiger partial charge in [-0.05, 0) is 97.2 Å². The smallest absolute Gasteiger partial charge is 0.419 e. The van der Waals surface area contributed by atoms with Crippen molar-refractivity contribution >= 4 is 43.8 Å². The van der Waals surface area contributed by atoms with Gasteiger partial charge in [-0.2, -0.15) is 0 Å². The SMILES string of the molecule is CCCN(CCC)C(CCc1cc(Br)ccc1OCCc1ccccc1)OC(=O)C(=O)OC(CCc1cc(Br)ccc1OCCc1ccccc1)N(CCC)CCC. The predicted octanol–water partition coefficient (Wildman–Crippen LogP) is 11.0. The molecular formula is C48H62Br2N2O6. The van der Waals surface area contributed by atoms with Crippen molar-refractivity contribution in [2.45, 2.75) is 104 Å². The van der Waals surface area contributed by atoms with Crippen LogP contribution in [-0.2, 0) is 44.7 Å². The average Bonchev–Trinajstić information content (AvgIpc) is 3.23. The van der Waals surface area contributed by atoms with Crippen molar-refractivity contribution in [2.24, 2.45) is 0 Å². The Hall–Kier alpha value is -3.70. The molecule has 10 heteroatoms. The highest BCUT2D eigenvalue weighted by atomic mass is 79.9. The van der Waals surface area contributed by atoms with Crippen LogP contribution >= 0.6 is 31.9 Å². The number of halogens is 2. The van der Waals surface area contributed by atoms with Gasteiger partial charge in [-0.25, -0.2) is 9.59 Å². The number of carbonyl (C=O) groups is 2. The quantitative estimate of drug-likeness (QED) is 0.0350. The number of nitrogens with zero attached hydrogens (tertiary/aromatic N) is 2. The Kier molecular flexibility index (Phi) is 21.4. The molecule has 0 aliphatic carbocycles. The summed E-state index contributed by atoms with van der Waals surface area (Å²) in [6, 6.07) is 32.6. The third kappa shape index (κ3) is 16.2. The van der Waals surface area contributed by atoms with E-state index in [9.17, 15) is 9.59 Å². The fourth-order valence-electron chi connectivity index (χ4n) is 7.10. The van der Waals surface area contributed by atoms with Crippen LogP contribution in [-0.4, -0.2) is 73.6 Å². The monoisotopic (exact) mass is 920 g/mol. The Bertz CT molecular complexity index is 1650. The normalized spacial score (nSPS) is 12.3. The minimum Gasteiger partial charge on any atom is -0.493 e. The molecule has 8 nitrogen and oxygen atoms in total. The second-order valence-electron chi connectivity index (χ2n) is 14.5. The van der Waals surface area contributed by atoms with Crippen LogP contribution < -0.4 is 9.47 Å². The summed E-state index contributed by atoms with van der Waals surface area (Å²) in [5.74, 6) is -0.348. The number of rotatable bonds is 26. The average molecular weight is 923 g/mol. The first-order valence-electron chi connectivity index (χ1n) is 21.0. The molecule has 0 radical (unpaired) electrons. The fourth-order valence-corrected chi connectivity index (χ4v) is 7.91. The maximum atomic E-state index is 13.8. The first kappa shape index (κ1) is 47.0. The van der Waals surface area contributed by atoms with Crippen LogP contribution in [0.2, 0.25) is 0 Å². The van der Waals surface area contributed by atoms with Crippen LogP contribution in [0.25, 0.3) is 0 Å². The van der Waals surface area contributed by atoms with E-state index < -0.39 is 24.4 Å². The molecule has 0 heterocycles. The van der Waals surface area contributed by atoms with E-state index in [1.165, 1.54) is 11.1 Å². The first-order chi connectivity index (χ1) is 28.2. The van der Waals surface area contributed by atoms with E-state index in [1.807, 2.05) is 60.7 Å². The molecule has 2 atom stereocenters. The molecule has 0 fully saturated rings. The summed E-state index contributed by atoms with van der Waals surface area (Å²) in [7, 11) is 0. The predicted molar refractivity (Wildman–Crippen MR) is 240 cm³/mol. The Labute approximate surface area is 363 Å². The van der Waals surface area contributed by atoms with E-state index in [1.54, 1.807) is 0 Å². The molecule has 0 saturated carbocycles. The molecular weight excluding hydrogens is 860 g/mol. The van der Waals surface area contributed by atoms with Gasteiger partial charge in [0.15, 0.2) is 12.5 Å². The van der Waals surface area contributed by atoms with Gasteiger partial charge in [-0.1, -0.05) is 120 Å². The van der Waals surface area contributed by atoms with Gasteiger partial charge in [0, 0.05) is 60.8 Å². The zero-order valence-electron chi connectivity index (χ0n) is 34.8. The van der Waals surface area contributed by atoms with Gasteiger partial charge in [0.2, 0.25) is 0 Å². The first-order valence-corrected chi connectivity index (χ1v) is 22.6. The minimum atomic E-state index is -0.971. The zero-order valence-corrected chi connectivity index (χ0v) is 38.0. The molecule has 0 N–H and O–H groups in total. The van der Waals surface area contributed by atoms with E-state index in [0.29, 0.717) is 38.9 Å². The topological polar surface area (TPSA) is 77.5 Å². The number of aryl methyl sites for hydroxylation is 2. The zero-order chi connectivity index (χ0) is 41.5. The lowest BCUT2D eigenvalue weighted by Crippen LogP contribution is -2.44. The molecule has 0 bridgehead atoms. The van der Waals surface area contributed by atoms with Crippen molar-refractivity contribution in [3.05, 3.63) is 128 Å². The van der Waals surface area contributed by atoms with Gasteiger partial charge >= 0.3 is 11.9 Å². The van der Waals surface area contributed by atoms with Crippen molar-refractivity contribution in [1.82, 2.24) is 9.80 Å². The summed E-state index contributed by atoms with van der Waals surface area (Å²) >= 11 is 7.26. The molecule has 0 amide bonds. The van der Waals surface area contributed by atoms with Crippen molar-refractivity contribution in [2.75, 3.05) is 39.4 Å². The van der Waals surface area contributed by atoms with E-state index in [2.05, 4.69) is 106 Å². The lowest BCUT2D eigenvalue weighted by molar-refractivity contribution is -0.186. The molecule has 0 aromatic heterocycles. The third-order valence-corrected chi connectivity index (χ3v) is 10.8. The van der Waals surface area contributed by atoms with E-state index >= 15 is 0 Å². The number of benzene rings is 4. The molecule has 4 rings (SSSR count). The van der Waals surface area contributed by atoms with E-state index in [-0.39, 0.29) is 0 Å². The van der Waals surface area contributed by atoms with E-state index in [0.717, 1.165) is 96.3 Å². The van der Waals surface area contributed by atoms with Gasteiger partial charge < -0.3 is 18.9 Å².